The summed E-state index contributed by atoms with van der Waals surface area (Å²) in [6, 6.07) is 1.69. The standard InChI is InChI=1S/C17H17ClN2O6S/c1-7-5-8(2)20-13(18)10(7)16(22)26-6-9-11(15(21)24-3)14(19)27-12(9)17(23)25-4/h5H,6,19H2,1-4H3. The fraction of sp³-hybridized carbons (Fsp3) is 0.294. The summed E-state index contributed by atoms with van der Waals surface area (Å²) in [5, 5.41) is 0.0585. The summed E-state index contributed by atoms with van der Waals surface area (Å²) < 4.78 is 14.7. The van der Waals surface area contributed by atoms with Crippen LogP contribution in [0.15, 0.2) is 6.07 Å². The van der Waals surface area contributed by atoms with Crippen molar-refractivity contribution < 1.29 is 28.6 Å². The number of methoxy groups -OCH3 is 2. The van der Waals surface area contributed by atoms with Gasteiger partial charge in [-0.25, -0.2) is 19.4 Å². The zero-order valence-corrected chi connectivity index (χ0v) is 16.6. The summed E-state index contributed by atoms with van der Waals surface area (Å²) in [7, 11) is 2.36. The van der Waals surface area contributed by atoms with Crippen molar-refractivity contribution in [1.29, 1.82) is 0 Å². The highest BCUT2D eigenvalue weighted by Crippen LogP contribution is 2.33. The Morgan fingerprint density at radius 1 is 1.11 bits per heavy atom. The third-order valence-electron chi connectivity index (χ3n) is 3.65. The van der Waals surface area contributed by atoms with Crippen molar-refractivity contribution in [2.24, 2.45) is 0 Å². The highest BCUT2D eigenvalue weighted by molar-refractivity contribution is 7.18. The number of thiophene rings is 1. The van der Waals surface area contributed by atoms with E-state index in [4.69, 9.17) is 31.5 Å². The van der Waals surface area contributed by atoms with E-state index in [1.54, 1.807) is 19.9 Å². The monoisotopic (exact) mass is 412 g/mol. The fourth-order valence-corrected chi connectivity index (χ4v) is 3.79. The number of halogens is 1. The van der Waals surface area contributed by atoms with Crippen molar-refractivity contribution in [3.05, 3.63) is 44.0 Å². The van der Waals surface area contributed by atoms with E-state index in [9.17, 15) is 14.4 Å². The van der Waals surface area contributed by atoms with Crippen LogP contribution in [-0.2, 0) is 20.8 Å². The van der Waals surface area contributed by atoms with Gasteiger partial charge in [0, 0.05) is 11.3 Å². The first kappa shape index (κ1) is 20.7. The van der Waals surface area contributed by atoms with Gasteiger partial charge in [0.1, 0.15) is 27.2 Å². The molecular weight excluding hydrogens is 396 g/mol. The maximum absolute atomic E-state index is 12.5. The summed E-state index contributed by atoms with van der Waals surface area (Å²) in [5.74, 6) is -2.21. The quantitative estimate of drug-likeness (QED) is 0.452. The van der Waals surface area contributed by atoms with Crippen molar-refractivity contribution in [3.63, 3.8) is 0 Å². The molecule has 0 saturated heterocycles. The molecule has 0 bridgehead atoms. The molecule has 8 nitrogen and oxygen atoms in total. The number of pyridine rings is 1. The molecule has 0 aliphatic rings. The first-order valence-electron chi connectivity index (χ1n) is 7.59. The number of carbonyl (C=O) groups excluding carboxylic acids is 3. The van der Waals surface area contributed by atoms with E-state index in [0.717, 1.165) is 11.3 Å². The lowest BCUT2D eigenvalue weighted by molar-refractivity contribution is 0.0451. The largest absolute Gasteiger partial charge is 0.465 e. The Kier molecular flexibility index (Phi) is 6.40. The first-order valence-corrected chi connectivity index (χ1v) is 8.79. The maximum Gasteiger partial charge on any atom is 0.348 e. The van der Waals surface area contributed by atoms with E-state index < -0.39 is 24.5 Å². The molecule has 0 atom stereocenters. The van der Waals surface area contributed by atoms with Gasteiger partial charge in [0.05, 0.1) is 19.8 Å². The number of aryl methyl sites for hydroxylation is 2. The summed E-state index contributed by atoms with van der Waals surface area (Å²) in [4.78, 5) is 40.6. The van der Waals surface area contributed by atoms with Crippen LogP contribution in [-0.4, -0.2) is 37.1 Å². The van der Waals surface area contributed by atoms with Crippen molar-refractivity contribution in [2.45, 2.75) is 20.5 Å². The van der Waals surface area contributed by atoms with Gasteiger partial charge in [-0.3, -0.25) is 0 Å². The lowest BCUT2D eigenvalue weighted by Gasteiger charge is -2.10. The molecule has 10 heteroatoms. The predicted molar refractivity (Wildman–Crippen MR) is 99.3 cm³/mol. The second-order valence-electron chi connectivity index (χ2n) is 5.45. The van der Waals surface area contributed by atoms with Crippen molar-refractivity contribution in [3.8, 4) is 0 Å². The van der Waals surface area contributed by atoms with Crippen LogP contribution in [0.2, 0.25) is 5.15 Å². The topological polar surface area (TPSA) is 118 Å². The number of ether oxygens (including phenoxy) is 3. The van der Waals surface area contributed by atoms with Gasteiger partial charge in [-0.2, -0.15) is 0 Å². The van der Waals surface area contributed by atoms with Crippen LogP contribution in [0.4, 0.5) is 5.00 Å². The second-order valence-corrected chi connectivity index (χ2v) is 6.86. The first-order chi connectivity index (χ1) is 12.7. The molecule has 0 aliphatic carbocycles. The fourth-order valence-electron chi connectivity index (χ4n) is 2.45. The van der Waals surface area contributed by atoms with Crippen molar-refractivity contribution >= 4 is 45.8 Å². The van der Waals surface area contributed by atoms with Crippen LogP contribution < -0.4 is 5.73 Å². The summed E-state index contributed by atoms with van der Waals surface area (Å²) in [6.45, 7) is 3.04. The van der Waals surface area contributed by atoms with Gasteiger partial charge in [-0.1, -0.05) is 11.6 Å². The molecule has 2 aromatic heterocycles. The lowest BCUT2D eigenvalue weighted by Crippen LogP contribution is -2.14. The Morgan fingerprint density at radius 2 is 1.74 bits per heavy atom. The normalized spacial score (nSPS) is 10.4. The molecule has 0 aromatic carbocycles. The molecule has 2 N–H and O–H groups in total. The summed E-state index contributed by atoms with van der Waals surface area (Å²) in [6.07, 6.45) is 0. The highest BCUT2D eigenvalue weighted by atomic mass is 35.5. The van der Waals surface area contributed by atoms with Gasteiger partial charge in [-0.15, -0.1) is 11.3 Å². The molecule has 0 aliphatic heterocycles. The Balaban J connectivity index is 2.38. The Labute approximate surface area is 164 Å². The molecule has 0 amide bonds. The predicted octanol–water partition coefficient (Wildman–Crippen LogP) is 2.93. The number of nitrogen functional groups attached to an aromatic ring is 1. The van der Waals surface area contributed by atoms with E-state index in [0.29, 0.717) is 11.3 Å². The minimum atomic E-state index is -0.754. The molecule has 0 radical (unpaired) electrons. The van der Waals surface area contributed by atoms with E-state index in [1.165, 1.54) is 14.2 Å². The lowest BCUT2D eigenvalue weighted by atomic mass is 10.1. The van der Waals surface area contributed by atoms with E-state index in [-0.39, 0.29) is 31.7 Å². The number of anilines is 1. The Bertz CT molecular complexity index is 901. The highest BCUT2D eigenvalue weighted by Gasteiger charge is 2.28. The van der Waals surface area contributed by atoms with Gasteiger partial charge in [0.15, 0.2) is 0 Å². The third-order valence-corrected chi connectivity index (χ3v) is 4.96. The van der Waals surface area contributed by atoms with Crippen LogP contribution in [0, 0.1) is 13.8 Å². The maximum atomic E-state index is 12.5. The number of nitrogens with two attached hydrogens (primary N) is 1. The van der Waals surface area contributed by atoms with Crippen LogP contribution >= 0.6 is 22.9 Å². The number of hydrogen-bond donors (Lipinski definition) is 1. The van der Waals surface area contributed by atoms with Gasteiger partial charge < -0.3 is 19.9 Å². The molecule has 2 rings (SSSR count). The van der Waals surface area contributed by atoms with Crippen molar-refractivity contribution in [1.82, 2.24) is 4.98 Å². The van der Waals surface area contributed by atoms with Gasteiger partial charge in [0.2, 0.25) is 0 Å². The number of carbonyl (C=O) groups is 3. The number of rotatable bonds is 5. The number of nitrogens with zero attached hydrogens (tertiary/aromatic N) is 1. The molecule has 2 aromatic rings. The molecule has 144 valence electrons. The van der Waals surface area contributed by atoms with Crippen LogP contribution in [0.3, 0.4) is 0 Å². The van der Waals surface area contributed by atoms with Gasteiger partial charge in [0.25, 0.3) is 0 Å². The molecule has 0 unspecified atom stereocenters. The third kappa shape index (κ3) is 4.20. The molecule has 0 spiro atoms. The molecular formula is C17H17ClN2O6S. The van der Waals surface area contributed by atoms with Crippen LogP contribution in [0.1, 0.15) is 47.2 Å². The molecule has 0 saturated carbocycles. The second kappa shape index (κ2) is 8.36. The number of esters is 3. The number of hydrogen-bond acceptors (Lipinski definition) is 9. The summed E-state index contributed by atoms with van der Waals surface area (Å²) in [5.41, 5.74) is 7.24. The zero-order valence-electron chi connectivity index (χ0n) is 15.0. The minimum Gasteiger partial charge on any atom is -0.465 e. The van der Waals surface area contributed by atoms with Crippen LogP contribution in [0.5, 0.6) is 0 Å². The molecule has 27 heavy (non-hydrogen) atoms. The average Bonchev–Trinajstić information content (AvgIpc) is 2.94. The Morgan fingerprint density at radius 3 is 2.30 bits per heavy atom. The zero-order chi connectivity index (χ0) is 20.3. The SMILES string of the molecule is COC(=O)c1sc(N)c(C(=O)OC)c1COC(=O)c1c(C)cc(C)nc1Cl. The van der Waals surface area contributed by atoms with Gasteiger partial charge >= 0.3 is 17.9 Å². The Hall–Kier alpha value is -2.65. The minimum absolute atomic E-state index is 0.00344. The van der Waals surface area contributed by atoms with E-state index in [1.807, 2.05) is 0 Å². The van der Waals surface area contributed by atoms with Gasteiger partial charge in [-0.05, 0) is 25.5 Å². The number of aromatic nitrogens is 1. The van der Waals surface area contributed by atoms with Crippen LogP contribution in [0.25, 0.3) is 0 Å². The summed E-state index contributed by atoms with van der Waals surface area (Å²) >= 11 is 6.89. The van der Waals surface area contributed by atoms with E-state index in [2.05, 4.69) is 4.98 Å². The molecule has 0 fully saturated rings. The molecule has 2 heterocycles. The smallest absolute Gasteiger partial charge is 0.348 e. The van der Waals surface area contributed by atoms with E-state index >= 15 is 0 Å². The average molecular weight is 413 g/mol. The van der Waals surface area contributed by atoms with Crippen molar-refractivity contribution in [2.75, 3.05) is 20.0 Å².